The van der Waals surface area contributed by atoms with Gasteiger partial charge < -0.3 is 24.1 Å². The van der Waals surface area contributed by atoms with E-state index < -0.39 is 0 Å². The molecule has 0 aliphatic carbocycles. The lowest BCUT2D eigenvalue weighted by atomic mass is 10.2. The molecule has 2 N–H and O–H groups in total. The Kier molecular flexibility index (Phi) is 7.72. The highest BCUT2D eigenvalue weighted by Crippen LogP contribution is 2.19. The fourth-order valence-corrected chi connectivity index (χ4v) is 2.66. The van der Waals surface area contributed by atoms with Crippen molar-refractivity contribution < 1.29 is 24.1 Å². The van der Waals surface area contributed by atoms with E-state index in [1.807, 2.05) is 0 Å². The van der Waals surface area contributed by atoms with Gasteiger partial charge in [0.05, 0.1) is 19.8 Å². The van der Waals surface area contributed by atoms with Gasteiger partial charge in [-0.25, -0.2) is 4.99 Å². The van der Waals surface area contributed by atoms with E-state index in [4.69, 9.17) is 29.5 Å². The zero-order valence-corrected chi connectivity index (χ0v) is 13.3. The maximum atomic E-state index is 8.66. The van der Waals surface area contributed by atoms with E-state index in [-0.39, 0.29) is 25.4 Å². The molecule has 0 radical (unpaired) electrons. The van der Waals surface area contributed by atoms with Gasteiger partial charge in [-0.15, -0.1) is 0 Å². The van der Waals surface area contributed by atoms with Gasteiger partial charge >= 0.3 is 0 Å². The molecule has 0 saturated carbocycles. The summed E-state index contributed by atoms with van der Waals surface area (Å²) >= 11 is 1.31. The molecule has 0 aromatic heterocycles. The molecule has 124 valence electrons. The molecule has 0 aromatic carbocycles. The van der Waals surface area contributed by atoms with Crippen molar-refractivity contribution >= 4 is 22.9 Å². The molecule has 0 spiro atoms. The van der Waals surface area contributed by atoms with Crippen molar-refractivity contribution in [3.63, 3.8) is 0 Å². The highest BCUT2D eigenvalue weighted by molar-refractivity contribution is 8.16. The van der Waals surface area contributed by atoms with Crippen LogP contribution in [0.4, 0.5) is 0 Å². The molecule has 1 fully saturated rings. The number of ether oxygens (including phenoxy) is 4. The molecule has 0 aromatic rings. The van der Waals surface area contributed by atoms with E-state index in [2.05, 4.69) is 4.99 Å². The van der Waals surface area contributed by atoms with Gasteiger partial charge in [0.25, 0.3) is 5.23 Å². The third-order valence-corrected chi connectivity index (χ3v) is 3.91. The van der Waals surface area contributed by atoms with Crippen molar-refractivity contribution in [2.24, 2.45) is 4.99 Å². The first-order valence-corrected chi connectivity index (χ1v) is 8.26. The number of aliphatic hydroxyl groups excluding tert-OH is 1. The molecule has 0 amide bonds. The first-order chi connectivity index (χ1) is 10.8. The quantitative estimate of drug-likeness (QED) is 0.418. The fraction of sp³-hybridized carbons (Fsp3) is 0.714. The number of nitrogens with one attached hydrogen (secondary N) is 1. The number of hydrogen-bond donors (Lipinski definition) is 2. The Morgan fingerprint density at radius 1 is 1.41 bits per heavy atom. The number of hydrogen-bond acceptors (Lipinski definition) is 8. The van der Waals surface area contributed by atoms with Crippen molar-refractivity contribution in [1.82, 2.24) is 0 Å². The Labute approximate surface area is 134 Å². The zero-order valence-electron chi connectivity index (χ0n) is 12.5. The lowest BCUT2D eigenvalue weighted by Crippen LogP contribution is -2.24. The van der Waals surface area contributed by atoms with E-state index in [1.54, 1.807) is 5.41 Å². The highest BCUT2D eigenvalue weighted by atomic mass is 32.2. The summed E-state index contributed by atoms with van der Waals surface area (Å²) < 4.78 is 21.6. The maximum absolute atomic E-state index is 8.66. The molecular formula is C14H22N2O5S. The van der Waals surface area contributed by atoms with Crippen LogP contribution in [0.3, 0.4) is 0 Å². The molecule has 2 aliphatic heterocycles. The van der Waals surface area contributed by atoms with Crippen LogP contribution < -0.4 is 0 Å². The lowest BCUT2D eigenvalue weighted by Gasteiger charge is -2.22. The van der Waals surface area contributed by atoms with Crippen LogP contribution in [0.5, 0.6) is 0 Å². The number of thioether (sulfide) groups is 1. The van der Waals surface area contributed by atoms with E-state index in [0.29, 0.717) is 30.6 Å². The van der Waals surface area contributed by atoms with E-state index in [1.165, 1.54) is 11.8 Å². The fourth-order valence-electron chi connectivity index (χ4n) is 1.94. The van der Waals surface area contributed by atoms with Crippen molar-refractivity contribution in [2.45, 2.75) is 25.6 Å². The molecule has 22 heavy (non-hydrogen) atoms. The first-order valence-electron chi connectivity index (χ1n) is 7.38. The van der Waals surface area contributed by atoms with Gasteiger partial charge in [0.2, 0.25) is 5.90 Å². The Balaban J connectivity index is 1.58. The molecule has 8 heteroatoms. The normalized spacial score (nSPS) is 21.8. The summed E-state index contributed by atoms with van der Waals surface area (Å²) in [5, 5.41) is 18.7. The van der Waals surface area contributed by atoms with Crippen LogP contribution >= 0.6 is 11.8 Å². The maximum Gasteiger partial charge on any atom is 0.250 e. The van der Waals surface area contributed by atoms with Crippen LogP contribution in [0.15, 0.2) is 16.0 Å². The molecular weight excluding hydrogens is 308 g/mol. The summed E-state index contributed by atoms with van der Waals surface area (Å²) in [5.74, 6) is 0.0436. The van der Waals surface area contributed by atoms with Crippen LogP contribution in [0.1, 0.15) is 19.3 Å². The molecule has 1 unspecified atom stereocenters. The Bertz CT molecular complexity index is 421. The van der Waals surface area contributed by atoms with Gasteiger partial charge in [-0.1, -0.05) is 0 Å². The summed E-state index contributed by atoms with van der Waals surface area (Å²) in [4.78, 5) is 4.24. The van der Waals surface area contributed by atoms with Gasteiger partial charge in [0.1, 0.15) is 13.2 Å². The Morgan fingerprint density at radius 3 is 3.00 bits per heavy atom. The SMILES string of the molecule is N=C(OCCO)C1=CSC(OCCOC2CCCCO2)=NC1. The van der Waals surface area contributed by atoms with Crippen LogP contribution in [-0.4, -0.2) is 62.1 Å². The summed E-state index contributed by atoms with van der Waals surface area (Å²) in [5.41, 5.74) is 0.678. The molecule has 1 saturated heterocycles. The van der Waals surface area contributed by atoms with Gasteiger partial charge in [0, 0.05) is 12.2 Å². The van der Waals surface area contributed by atoms with Crippen molar-refractivity contribution in [3.05, 3.63) is 11.0 Å². The molecule has 2 heterocycles. The third-order valence-electron chi connectivity index (χ3n) is 3.06. The highest BCUT2D eigenvalue weighted by Gasteiger charge is 2.15. The number of aliphatic imine (C=N–C) groups is 1. The first kappa shape index (κ1) is 17.3. The minimum absolute atomic E-state index is 0.0436. The van der Waals surface area contributed by atoms with Gasteiger partial charge in [-0.2, -0.15) is 0 Å². The number of nitrogens with zero attached hydrogens (tertiary/aromatic N) is 1. The summed E-state index contributed by atoms with van der Waals surface area (Å²) in [6, 6.07) is 0. The molecule has 2 rings (SSSR count). The summed E-state index contributed by atoms with van der Waals surface area (Å²) in [6.07, 6.45) is 3.09. The van der Waals surface area contributed by atoms with Crippen LogP contribution in [-0.2, 0) is 18.9 Å². The standard InChI is InChI=1S/C14H22N2O5S/c15-13(20-6-4-17)11-9-16-14(22-10-11)21-8-7-19-12-3-1-2-5-18-12/h10,12,15,17H,1-9H2. The van der Waals surface area contributed by atoms with Crippen molar-refractivity contribution in [1.29, 1.82) is 5.41 Å². The third kappa shape index (κ3) is 5.96. The molecule has 0 bridgehead atoms. The average Bonchev–Trinajstić information content (AvgIpc) is 2.58. The average molecular weight is 330 g/mol. The van der Waals surface area contributed by atoms with Crippen LogP contribution in [0, 0.1) is 5.41 Å². The topological polar surface area (TPSA) is 93.4 Å². The largest absolute Gasteiger partial charge is 0.475 e. The Morgan fingerprint density at radius 2 is 2.32 bits per heavy atom. The smallest absolute Gasteiger partial charge is 0.250 e. The van der Waals surface area contributed by atoms with E-state index in [0.717, 1.165) is 25.9 Å². The van der Waals surface area contributed by atoms with Crippen LogP contribution in [0.2, 0.25) is 0 Å². The zero-order chi connectivity index (χ0) is 15.6. The predicted molar refractivity (Wildman–Crippen MR) is 84.2 cm³/mol. The van der Waals surface area contributed by atoms with Gasteiger partial charge in [-0.3, -0.25) is 5.41 Å². The second-order valence-corrected chi connectivity index (χ2v) is 5.58. The molecule has 2 aliphatic rings. The van der Waals surface area contributed by atoms with Gasteiger partial charge in [-0.05, 0) is 36.4 Å². The molecule has 7 nitrogen and oxygen atoms in total. The van der Waals surface area contributed by atoms with Crippen molar-refractivity contribution in [3.8, 4) is 0 Å². The minimum atomic E-state index is -0.106. The Hall–Kier alpha value is -1.09. The second-order valence-electron chi connectivity index (χ2n) is 4.76. The number of rotatable bonds is 7. The predicted octanol–water partition coefficient (Wildman–Crippen LogP) is 1.52. The summed E-state index contributed by atoms with van der Waals surface area (Å²) in [6.45, 7) is 2.02. The van der Waals surface area contributed by atoms with Crippen molar-refractivity contribution in [2.75, 3.05) is 39.6 Å². The van der Waals surface area contributed by atoms with Crippen LogP contribution in [0.25, 0.3) is 0 Å². The van der Waals surface area contributed by atoms with Gasteiger partial charge in [0.15, 0.2) is 6.29 Å². The minimum Gasteiger partial charge on any atom is -0.475 e. The number of aliphatic hydroxyl groups is 1. The monoisotopic (exact) mass is 330 g/mol. The molecule has 1 atom stereocenters. The lowest BCUT2D eigenvalue weighted by molar-refractivity contribution is -0.165. The van der Waals surface area contributed by atoms with E-state index in [9.17, 15) is 0 Å². The summed E-state index contributed by atoms with van der Waals surface area (Å²) in [7, 11) is 0. The van der Waals surface area contributed by atoms with E-state index >= 15 is 0 Å². The second kappa shape index (κ2) is 9.83.